The minimum Gasteiger partial charge on any atom is -0.287 e. The fourth-order valence-electron chi connectivity index (χ4n) is 2.98. The minimum atomic E-state index is -0.161. The summed E-state index contributed by atoms with van der Waals surface area (Å²) in [6.07, 6.45) is 1.66. The van der Waals surface area contributed by atoms with E-state index in [2.05, 4.69) is 20.6 Å². The molecule has 0 bridgehead atoms. The van der Waals surface area contributed by atoms with Crippen molar-refractivity contribution in [2.75, 3.05) is 0 Å². The van der Waals surface area contributed by atoms with Gasteiger partial charge in [-0.3, -0.25) is 9.20 Å². The zero-order valence-electron chi connectivity index (χ0n) is 15.5. The zero-order chi connectivity index (χ0) is 19.5. The Bertz CT molecular complexity index is 1190. The standard InChI is InChI=1S/C22H18N4OS/c1-15-14-28-22-24-16(2)19(26(15)22)13-23-25-20(17-9-5-3-6-10-17)21(27)18-11-7-4-8-12-18/h3-14H,1-2H3/b23-13+,25-20+. The molecular formula is C22H18N4OS. The number of Topliss-reactive ketones (excluding diaryl/α,β-unsaturated/α-hetero) is 1. The zero-order valence-corrected chi connectivity index (χ0v) is 16.4. The molecule has 0 saturated carbocycles. The first-order chi connectivity index (χ1) is 13.6. The summed E-state index contributed by atoms with van der Waals surface area (Å²) in [6, 6.07) is 18.5. The number of nitrogens with zero attached hydrogens (tertiary/aromatic N) is 4. The molecule has 0 aliphatic carbocycles. The third kappa shape index (κ3) is 3.42. The number of thiazole rings is 1. The van der Waals surface area contributed by atoms with Crippen LogP contribution >= 0.6 is 11.3 Å². The van der Waals surface area contributed by atoms with Crippen LogP contribution in [0.5, 0.6) is 0 Å². The second-order valence-electron chi connectivity index (χ2n) is 6.33. The van der Waals surface area contributed by atoms with Crippen molar-refractivity contribution < 1.29 is 4.79 Å². The molecule has 0 fully saturated rings. The largest absolute Gasteiger partial charge is 0.287 e. The Morgan fingerprint density at radius 1 is 1.00 bits per heavy atom. The number of fused-ring (bicyclic) bond motifs is 1. The molecule has 2 heterocycles. The Hall–Kier alpha value is -3.38. The maximum atomic E-state index is 13.0. The molecule has 0 spiro atoms. The fourth-order valence-corrected chi connectivity index (χ4v) is 3.89. The Kier molecular flexibility index (Phi) is 4.95. The summed E-state index contributed by atoms with van der Waals surface area (Å²) in [4.78, 5) is 18.5. The Morgan fingerprint density at radius 2 is 1.64 bits per heavy atom. The molecule has 0 atom stereocenters. The smallest absolute Gasteiger partial charge is 0.213 e. The second kappa shape index (κ2) is 7.70. The number of hydrogen-bond donors (Lipinski definition) is 0. The van der Waals surface area contributed by atoms with Crippen molar-refractivity contribution in [3.8, 4) is 0 Å². The van der Waals surface area contributed by atoms with Gasteiger partial charge in [-0.1, -0.05) is 60.7 Å². The number of aryl methyl sites for hydroxylation is 2. The number of benzene rings is 2. The van der Waals surface area contributed by atoms with Gasteiger partial charge >= 0.3 is 0 Å². The quantitative estimate of drug-likeness (QED) is 0.283. The molecule has 0 aliphatic heterocycles. The van der Waals surface area contributed by atoms with Crippen molar-refractivity contribution in [2.45, 2.75) is 13.8 Å². The lowest BCUT2D eigenvalue weighted by Gasteiger charge is -2.04. The maximum Gasteiger partial charge on any atom is 0.213 e. The summed E-state index contributed by atoms with van der Waals surface area (Å²) in [5.41, 5.74) is 4.46. The van der Waals surface area contributed by atoms with E-state index in [1.54, 1.807) is 29.7 Å². The monoisotopic (exact) mass is 386 g/mol. The summed E-state index contributed by atoms with van der Waals surface area (Å²) < 4.78 is 2.04. The Labute approximate surface area is 166 Å². The van der Waals surface area contributed by atoms with Gasteiger partial charge in [-0.15, -0.1) is 16.4 Å². The first-order valence-electron chi connectivity index (χ1n) is 8.84. The SMILES string of the molecule is Cc1nc2scc(C)n2c1/C=N/N=C(/C(=O)c1ccccc1)c1ccccc1. The van der Waals surface area contributed by atoms with E-state index in [0.29, 0.717) is 11.3 Å². The highest BCUT2D eigenvalue weighted by molar-refractivity contribution is 7.15. The number of aromatic nitrogens is 2. The van der Waals surface area contributed by atoms with Gasteiger partial charge in [-0.05, 0) is 13.8 Å². The highest BCUT2D eigenvalue weighted by Crippen LogP contribution is 2.19. The van der Waals surface area contributed by atoms with Gasteiger partial charge < -0.3 is 0 Å². The van der Waals surface area contributed by atoms with E-state index in [9.17, 15) is 4.79 Å². The number of carbonyl (C=O) groups excluding carboxylic acids is 1. The van der Waals surface area contributed by atoms with E-state index in [-0.39, 0.29) is 5.78 Å². The summed E-state index contributed by atoms with van der Waals surface area (Å²) in [5, 5.41) is 10.6. The predicted molar refractivity (Wildman–Crippen MR) is 114 cm³/mol. The highest BCUT2D eigenvalue weighted by atomic mass is 32.1. The first kappa shape index (κ1) is 18.0. The molecule has 138 valence electrons. The maximum absolute atomic E-state index is 13.0. The van der Waals surface area contributed by atoms with E-state index in [0.717, 1.165) is 27.6 Å². The normalized spacial score (nSPS) is 12.1. The van der Waals surface area contributed by atoms with Gasteiger partial charge in [0.25, 0.3) is 0 Å². The molecule has 0 radical (unpaired) electrons. The van der Waals surface area contributed by atoms with Gasteiger partial charge in [0.1, 0.15) is 5.71 Å². The van der Waals surface area contributed by atoms with Crippen LogP contribution in [0, 0.1) is 13.8 Å². The van der Waals surface area contributed by atoms with Crippen LogP contribution in [0.15, 0.2) is 76.2 Å². The van der Waals surface area contributed by atoms with Crippen LogP contribution in [0.1, 0.15) is 33.0 Å². The van der Waals surface area contributed by atoms with Crippen LogP contribution in [0.2, 0.25) is 0 Å². The summed E-state index contributed by atoms with van der Waals surface area (Å²) >= 11 is 1.59. The molecular weight excluding hydrogens is 368 g/mol. The molecule has 0 aliphatic rings. The Balaban J connectivity index is 1.75. The highest BCUT2D eigenvalue weighted by Gasteiger charge is 2.16. The molecule has 2 aromatic carbocycles. The van der Waals surface area contributed by atoms with E-state index in [1.807, 2.05) is 66.8 Å². The van der Waals surface area contributed by atoms with Crippen LogP contribution in [-0.4, -0.2) is 27.1 Å². The van der Waals surface area contributed by atoms with Crippen molar-refractivity contribution in [3.05, 3.63) is 94.3 Å². The van der Waals surface area contributed by atoms with E-state index in [1.165, 1.54) is 0 Å². The van der Waals surface area contributed by atoms with Crippen LogP contribution in [-0.2, 0) is 0 Å². The molecule has 2 aromatic heterocycles. The van der Waals surface area contributed by atoms with Gasteiger partial charge in [0.05, 0.1) is 17.6 Å². The Morgan fingerprint density at radius 3 is 2.32 bits per heavy atom. The van der Waals surface area contributed by atoms with Crippen LogP contribution in [0.3, 0.4) is 0 Å². The van der Waals surface area contributed by atoms with Gasteiger partial charge in [0.15, 0.2) is 4.96 Å². The summed E-state index contributed by atoms with van der Waals surface area (Å²) in [6.45, 7) is 3.97. The van der Waals surface area contributed by atoms with E-state index >= 15 is 0 Å². The third-order valence-corrected chi connectivity index (χ3v) is 5.33. The molecule has 0 saturated heterocycles. The lowest BCUT2D eigenvalue weighted by Crippen LogP contribution is -2.15. The second-order valence-corrected chi connectivity index (χ2v) is 7.17. The first-order valence-corrected chi connectivity index (χ1v) is 9.72. The summed E-state index contributed by atoms with van der Waals surface area (Å²) in [7, 11) is 0. The van der Waals surface area contributed by atoms with Gasteiger partial charge in [-0.25, -0.2) is 4.98 Å². The predicted octanol–water partition coefficient (Wildman–Crippen LogP) is 4.72. The number of carbonyl (C=O) groups is 1. The van der Waals surface area contributed by atoms with Gasteiger partial charge in [-0.2, -0.15) is 5.10 Å². The average Bonchev–Trinajstić information content (AvgIpc) is 3.24. The summed E-state index contributed by atoms with van der Waals surface area (Å²) in [5.74, 6) is -0.161. The van der Waals surface area contributed by atoms with Crippen LogP contribution in [0.25, 0.3) is 4.96 Å². The number of ketones is 1. The van der Waals surface area contributed by atoms with Crippen molar-refractivity contribution >= 4 is 34.0 Å². The molecule has 0 unspecified atom stereocenters. The van der Waals surface area contributed by atoms with Crippen LogP contribution in [0.4, 0.5) is 0 Å². The molecule has 6 heteroatoms. The van der Waals surface area contributed by atoms with Gasteiger partial charge in [0, 0.05) is 22.2 Å². The molecule has 4 aromatic rings. The van der Waals surface area contributed by atoms with E-state index in [4.69, 9.17) is 0 Å². The molecule has 4 rings (SSSR count). The number of hydrogen-bond acceptors (Lipinski definition) is 5. The van der Waals surface area contributed by atoms with Crippen molar-refractivity contribution in [3.63, 3.8) is 0 Å². The lowest BCUT2D eigenvalue weighted by molar-refractivity contribution is 0.106. The molecule has 0 amide bonds. The van der Waals surface area contributed by atoms with Crippen molar-refractivity contribution in [1.29, 1.82) is 0 Å². The van der Waals surface area contributed by atoms with Gasteiger partial charge in [0.2, 0.25) is 5.78 Å². The van der Waals surface area contributed by atoms with Crippen LogP contribution < -0.4 is 0 Å². The fraction of sp³-hybridized carbons (Fsp3) is 0.0909. The number of imidazole rings is 1. The van der Waals surface area contributed by atoms with Crippen molar-refractivity contribution in [1.82, 2.24) is 9.38 Å². The topological polar surface area (TPSA) is 59.1 Å². The number of rotatable bonds is 5. The lowest BCUT2D eigenvalue weighted by atomic mass is 10.0. The van der Waals surface area contributed by atoms with E-state index < -0.39 is 0 Å². The average molecular weight is 386 g/mol. The van der Waals surface area contributed by atoms with Crippen molar-refractivity contribution in [2.24, 2.45) is 10.2 Å². The minimum absolute atomic E-state index is 0.161. The third-order valence-electron chi connectivity index (χ3n) is 4.39. The molecule has 5 nitrogen and oxygen atoms in total. The molecule has 28 heavy (non-hydrogen) atoms. The molecule has 0 N–H and O–H groups in total.